The van der Waals surface area contributed by atoms with Crippen LogP contribution in [0.5, 0.6) is 11.5 Å². The summed E-state index contributed by atoms with van der Waals surface area (Å²) in [6.07, 6.45) is 7.26. The Labute approximate surface area is 162 Å². The molecule has 4 saturated carbocycles. The Morgan fingerprint density at radius 2 is 1.78 bits per heavy atom. The predicted molar refractivity (Wildman–Crippen MR) is 103 cm³/mol. The molecule has 4 bridgehead atoms. The van der Waals surface area contributed by atoms with Crippen molar-refractivity contribution < 1.29 is 14.3 Å². The summed E-state index contributed by atoms with van der Waals surface area (Å²) in [7, 11) is 0. The standard InChI is InChI=1S/C21H22N2O3S/c24-19(21-7-12-3-13(8-21)5-14(4-12)9-21)23-20-22-16(10-27-20)15-1-2-17-18(6-15)26-11-25-17/h1-2,6,10,12-14H,3-5,7-9,11H2,(H,22,23,24). The summed E-state index contributed by atoms with van der Waals surface area (Å²) in [5, 5.41) is 5.84. The minimum absolute atomic E-state index is 0.140. The first kappa shape index (κ1) is 15.9. The van der Waals surface area contributed by atoms with Gasteiger partial charge < -0.3 is 14.8 Å². The fourth-order valence-corrected chi connectivity index (χ4v) is 6.85. The summed E-state index contributed by atoms with van der Waals surface area (Å²) >= 11 is 1.49. The van der Waals surface area contributed by atoms with E-state index in [1.54, 1.807) is 0 Å². The molecule has 1 aromatic heterocycles. The molecule has 5 aliphatic rings. The molecule has 2 heterocycles. The van der Waals surface area contributed by atoms with E-state index in [2.05, 4.69) is 10.3 Å². The Bertz CT molecular complexity index is 887. The number of anilines is 1. The van der Waals surface area contributed by atoms with Gasteiger partial charge in [-0.15, -0.1) is 11.3 Å². The van der Waals surface area contributed by atoms with E-state index in [9.17, 15) is 4.79 Å². The highest BCUT2D eigenvalue weighted by molar-refractivity contribution is 7.14. The van der Waals surface area contributed by atoms with E-state index in [-0.39, 0.29) is 18.1 Å². The van der Waals surface area contributed by atoms with Crippen molar-refractivity contribution in [1.82, 2.24) is 4.98 Å². The molecule has 27 heavy (non-hydrogen) atoms. The average Bonchev–Trinajstić information content (AvgIpc) is 3.29. The van der Waals surface area contributed by atoms with Crippen LogP contribution in [-0.2, 0) is 4.79 Å². The van der Waals surface area contributed by atoms with Gasteiger partial charge in [-0.05, 0) is 74.5 Å². The Morgan fingerprint density at radius 3 is 2.52 bits per heavy atom. The Kier molecular flexibility index (Phi) is 3.37. The van der Waals surface area contributed by atoms with Crippen LogP contribution >= 0.6 is 11.3 Å². The number of hydrogen-bond donors (Lipinski definition) is 1. The number of thiazole rings is 1. The van der Waals surface area contributed by atoms with Crippen molar-refractivity contribution in [2.75, 3.05) is 12.1 Å². The lowest BCUT2D eigenvalue weighted by Gasteiger charge is -2.55. The number of nitrogens with one attached hydrogen (secondary N) is 1. The fraction of sp³-hybridized carbons (Fsp3) is 0.524. The van der Waals surface area contributed by atoms with Gasteiger partial charge in [0, 0.05) is 10.9 Å². The van der Waals surface area contributed by atoms with Gasteiger partial charge in [-0.1, -0.05) is 0 Å². The molecule has 0 radical (unpaired) electrons. The number of aromatic nitrogens is 1. The molecular weight excluding hydrogens is 360 g/mol. The monoisotopic (exact) mass is 382 g/mol. The van der Waals surface area contributed by atoms with E-state index in [1.165, 1.54) is 30.6 Å². The fourth-order valence-electron chi connectivity index (χ4n) is 6.14. The maximum atomic E-state index is 13.2. The third-order valence-corrected chi connectivity index (χ3v) is 7.67. The van der Waals surface area contributed by atoms with Crippen LogP contribution in [0, 0.1) is 23.2 Å². The minimum atomic E-state index is -0.140. The summed E-state index contributed by atoms with van der Waals surface area (Å²) in [6.45, 7) is 0.266. The highest BCUT2D eigenvalue weighted by Gasteiger charge is 2.54. The highest BCUT2D eigenvalue weighted by atomic mass is 32.1. The number of carbonyl (C=O) groups excluding carboxylic acids is 1. The SMILES string of the molecule is O=C(Nc1nc(-c2ccc3c(c2)OCO3)cs1)C12CC3CC(CC(C3)C1)C2. The molecular formula is C21H22N2O3S. The zero-order chi connectivity index (χ0) is 18.0. The summed E-state index contributed by atoms with van der Waals surface area (Å²) in [5.41, 5.74) is 1.70. The number of benzene rings is 1. The van der Waals surface area contributed by atoms with Crippen molar-refractivity contribution in [2.24, 2.45) is 23.2 Å². The van der Waals surface area contributed by atoms with E-state index in [0.717, 1.165) is 59.8 Å². The molecule has 1 aromatic carbocycles. The first-order valence-electron chi connectivity index (χ1n) is 9.84. The van der Waals surface area contributed by atoms with Crippen molar-refractivity contribution in [3.63, 3.8) is 0 Å². The van der Waals surface area contributed by atoms with E-state index >= 15 is 0 Å². The van der Waals surface area contributed by atoms with Crippen LogP contribution in [0.1, 0.15) is 38.5 Å². The Morgan fingerprint density at radius 1 is 1.07 bits per heavy atom. The predicted octanol–water partition coefficient (Wildman–Crippen LogP) is 4.69. The average molecular weight is 382 g/mol. The first-order chi connectivity index (χ1) is 13.2. The molecule has 0 unspecified atom stereocenters. The van der Waals surface area contributed by atoms with Gasteiger partial charge in [0.15, 0.2) is 16.6 Å². The molecule has 7 rings (SSSR count). The molecule has 140 valence electrons. The van der Waals surface area contributed by atoms with Crippen LogP contribution in [0.2, 0.25) is 0 Å². The van der Waals surface area contributed by atoms with Crippen LogP contribution in [-0.4, -0.2) is 17.7 Å². The number of rotatable bonds is 3. The lowest BCUT2D eigenvalue weighted by molar-refractivity contribution is -0.140. The second kappa shape index (κ2) is 5.71. The molecule has 1 N–H and O–H groups in total. The Balaban J connectivity index is 1.22. The zero-order valence-electron chi connectivity index (χ0n) is 15.1. The highest BCUT2D eigenvalue weighted by Crippen LogP contribution is 2.60. The summed E-state index contributed by atoms with van der Waals surface area (Å²) < 4.78 is 10.8. The number of carbonyl (C=O) groups is 1. The minimum Gasteiger partial charge on any atom is -0.454 e. The molecule has 1 amide bonds. The molecule has 5 nitrogen and oxygen atoms in total. The molecule has 6 heteroatoms. The maximum Gasteiger partial charge on any atom is 0.232 e. The zero-order valence-corrected chi connectivity index (χ0v) is 15.9. The van der Waals surface area contributed by atoms with E-state index in [1.807, 2.05) is 23.6 Å². The topological polar surface area (TPSA) is 60.5 Å². The van der Waals surface area contributed by atoms with E-state index in [0.29, 0.717) is 5.13 Å². The van der Waals surface area contributed by atoms with Gasteiger partial charge >= 0.3 is 0 Å². The number of amides is 1. The number of nitrogens with zero attached hydrogens (tertiary/aromatic N) is 1. The lowest BCUT2D eigenvalue weighted by Crippen LogP contribution is -2.51. The van der Waals surface area contributed by atoms with Crippen LogP contribution in [0.25, 0.3) is 11.3 Å². The van der Waals surface area contributed by atoms with Gasteiger partial charge in [0.1, 0.15) is 0 Å². The number of hydrogen-bond acceptors (Lipinski definition) is 5. The third kappa shape index (κ3) is 2.57. The smallest absolute Gasteiger partial charge is 0.232 e. The van der Waals surface area contributed by atoms with Gasteiger partial charge in [0.2, 0.25) is 12.7 Å². The van der Waals surface area contributed by atoms with Crippen LogP contribution in [0.4, 0.5) is 5.13 Å². The van der Waals surface area contributed by atoms with Crippen molar-refractivity contribution in [2.45, 2.75) is 38.5 Å². The summed E-state index contributed by atoms with van der Waals surface area (Å²) in [6, 6.07) is 5.83. The van der Waals surface area contributed by atoms with Gasteiger partial charge in [-0.2, -0.15) is 0 Å². The normalized spacial score (nSPS) is 32.7. The largest absolute Gasteiger partial charge is 0.454 e. The second-order valence-electron chi connectivity index (χ2n) is 8.76. The molecule has 4 fully saturated rings. The first-order valence-corrected chi connectivity index (χ1v) is 10.7. The summed E-state index contributed by atoms with van der Waals surface area (Å²) in [4.78, 5) is 17.8. The number of fused-ring (bicyclic) bond motifs is 1. The van der Waals surface area contributed by atoms with Gasteiger partial charge in [0.25, 0.3) is 0 Å². The molecule has 0 spiro atoms. The van der Waals surface area contributed by atoms with Crippen molar-refractivity contribution in [3.05, 3.63) is 23.6 Å². The molecule has 4 aliphatic carbocycles. The van der Waals surface area contributed by atoms with Crippen molar-refractivity contribution >= 4 is 22.4 Å². The van der Waals surface area contributed by atoms with Gasteiger partial charge in [-0.25, -0.2) is 4.98 Å². The second-order valence-corrected chi connectivity index (χ2v) is 9.62. The summed E-state index contributed by atoms with van der Waals surface area (Å²) in [5.74, 6) is 4.02. The van der Waals surface area contributed by atoms with Crippen LogP contribution in [0.3, 0.4) is 0 Å². The van der Waals surface area contributed by atoms with E-state index < -0.39 is 0 Å². The molecule has 1 aliphatic heterocycles. The molecule has 0 atom stereocenters. The van der Waals surface area contributed by atoms with Crippen molar-refractivity contribution in [1.29, 1.82) is 0 Å². The van der Waals surface area contributed by atoms with Gasteiger partial charge in [0.05, 0.1) is 11.1 Å². The van der Waals surface area contributed by atoms with Gasteiger partial charge in [-0.3, -0.25) is 4.79 Å². The maximum absolute atomic E-state index is 13.2. The van der Waals surface area contributed by atoms with E-state index in [4.69, 9.17) is 9.47 Å². The molecule has 2 aromatic rings. The number of ether oxygens (including phenoxy) is 2. The lowest BCUT2D eigenvalue weighted by atomic mass is 9.49. The third-order valence-electron chi connectivity index (χ3n) is 6.91. The quantitative estimate of drug-likeness (QED) is 0.836. The molecule has 0 saturated heterocycles. The van der Waals surface area contributed by atoms with Crippen LogP contribution in [0.15, 0.2) is 23.6 Å². The van der Waals surface area contributed by atoms with Crippen molar-refractivity contribution in [3.8, 4) is 22.8 Å². The van der Waals surface area contributed by atoms with Crippen LogP contribution < -0.4 is 14.8 Å². The Hall–Kier alpha value is -2.08.